The highest BCUT2D eigenvalue weighted by molar-refractivity contribution is 5.87. The predicted octanol–water partition coefficient (Wildman–Crippen LogP) is 2.37. The zero-order chi connectivity index (χ0) is 25.1. The molecule has 9 heteroatoms. The van der Waals surface area contributed by atoms with E-state index in [4.69, 9.17) is 4.74 Å². The zero-order valence-corrected chi connectivity index (χ0v) is 21.5. The Labute approximate surface area is 209 Å². The van der Waals surface area contributed by atoms with Crippen molar-refractivity contribution < 1.29 is 19.1 Å². The van der Waals surface area contributed by atoms with E-state index < -0.39 is 6.04 Å². The number of ether oxygens (including phenoxy) is 1. The van der Waals surface area contributed by atoms with Gasteiger partial charge in [0, 0.05) is 50.8 Å². The predicted molar refractivity (Wildman–Crippen MR) is 134 cm³/mol. The van der Waals surface area contributed by atoms with Crippen molar-refractivity contribution in [2.75, 3.05) is 32.8 Å². The molecule has 1 aromatic rings. The first-order valence-corrected chi connectivity index (χ1v) is 13.3. The van der Waals surface area contributed by atoms with Crippen LogP contribution in [0.4, 0.5) is 0 Å². The van der Waals surface area contributed by atoms with Crippen LogP contribution in [0.1, 0.15) is 76.8 Å². The van der Waals surface area contributed by atoms with Crippen LogP contribution in [0.15, 0.2) is 12.3 Å². The van der Waals surface area contributed by atoms with Gasteiger partial charge in [0.25, 0.3) is 0 Å². The lowest BCUT2D eigenvalue weighted by atomic mass is 9.94. The van der Waals surface area contributed by atoms with Crippen molar-refractivity contribution in [1.82, 2.24) is 25.3 Å². The lowest BCUT2D eigenvalue weighted by molar-refractivity contribution is -0.129. The normalized spacial score (nSPS) is 18.8. The third-order valence-electron chi connectivity index (χ3n) is 7.32. The maximum atomic E-state index is 13.3. The topological polar surface area (TPSA) is 106 Å². The van der Waals surface area contributed by atoms with Crippen molar-refractivity contribution in [2.45, 2.75) is 96.2 Å². The highest BCUT2D eigenvalue weighted by atomic mass is 16.5. The first-order chi connectivity index (χ1) is 16.9. The van der Waals surface area contributed by atoms with Crippen LogP contribution in [-0.4, -0.2) is 76.7 Å². The molecule has 2 amide bonds. The van der Waals surface area contributed by atoms with E-state index in [0.717, 1.165) is 64.1 Å². The minimum Gasteiger partial charge on any atom is -0.379 e. The molecule has 1 aromatic heterocycles. The maximum absolute atomic E-state index is 13.3. The summed E-state index contributed by atoms with van der Waals surface area (Å²) in [5.41, 5.74) is 0.905. The molecule has 9 nitrogen and oxygen atoms in total. The highest BCUT2D eigenvalue weighted by Gasteiger charge is 2.40. The summed E-state index contributed by atoms with van der Waals surface area (Å²) < 4.78 is 7.29. The molecule has 35 heavy (non-hydrogen) atoms. The molecule has 1 saturated carbocycles. The molecule has 196 valence electrons. The number of morpholine rings is 1. The largest absolute Gasteiger partial charge is 0.379 e. The van der Waals surface area contributed by atoms with Gasteiger partial charge in [-0.1, -0.05) is 25.7 Å². The molecular weight excluding hydrogens is 446 g/mol. The quantitative estimate of drug-likeness (QED) is 0.389. The number of amides is 2. The number of carbonyl (C=O) groups excluding carboxylic acids is 3. The molecule has 1 aliphatic heterocycles. The van der Waals surface area contributed by atoms with Crippen molar-refractivity contribution in [3.8, 4) is 0 Å². The number of aryl methyl sites for hydroxylation is 2. The van der Waals surface area contributed by atoms with Gasteiger partial charge in [0.15, 0.2) is 0 Å². The van der Waals surface area contributed by atoms with Gasteiger partial charge in [-0.15, -0.1) is 0 Å². The van der Waals surface area contributed by atoms with Crippen LogP contribution in [0.25, 0.3) is 0 Å². The van der Waals surface area contributed by atoms with Crippen LogP contribution in [0.5, 0.6) is 0 Å². The number of hydrogen-bond acceptors (Lipinski definition) is 6. The summed E-state index contributed by atoms with van der Waals surface area (Å²) >= 11 is 0. The molecule has 0 unspecified atom stereocenters. The van der Waals surface area contributed by atoms with E-state index in [-0.39, 0.29) is 29.6 Å². The Morgan fingerprint density at radius 1 is 1.11 bits per heavy atom. The third kappa shape index (κ3) is 8.72. The number of nitrogens with one attached hydrogen (secondary N) is 2. The summed E-state index contributed by atoms with van der Waals surface area (Å²) in [4.78, 5) is 39.7. The molecule has 2 N–H and O–H groups in total. The summed E-state index contributed by atoms with van der Waals surface area (Å²) in [5, 5.41) is 10.5. The van der Waals surface area contributed by atoms with Crippen molar-refractivity contribution >= 4 is 17.6 Å². The minimum absolute atomic E-state index is 0.00651. The first kappa shape index (κ1) is 27.3. The van der Waals surface area contributed by atoms with Crippen LogP contribution < -0.4 is 10.6 Å². The van der Waals surface area contributed by atoms with Gasteiger partial charge in [-0.3, -0.25) is 19.2 Å². The molecule has 0 radical (unpaired) electrons. The Morgan fingerprint density at radius 3 is 2.51 bits per heavy atom. The van der Waals surface area contributed by atoms with E-state index in [0.29, 0.717) is 25.9 Å². The molecular formula is C26H43N5O4. The number of hydrogen-bond donors (Lipinski definition) is 2. The van der Waals surface area contributed by atoms with E-state index in [9.17, 15) is 14.4 Å². The third-order valence-corrected chi connectivity index (χ3v) is 7.32. The number of nitrogens with zero attached hydrogens (tertiary/aromatic N) is 3. The number of carbonyl (C=O) groups is 3. The van der Waals surface area contributed by atoms with Crippen LogP contribution in [0.3, 0.4) is 0 Å². The summed E-state index contributed by atoms with van der Waals surface area (Å²) in [6.45, 7) is 7.89. The van der Waals surface area contributed by atoms with Crippen molar-refractivity contribution in [3.05, 3.63) is 18.0 Å². The molecule has 1 aliphatic carbocycles. The number of rotatable bonds is 14. The number of unbranched alkanes of at least 4 members (excludes halogenated alkanes) is 2. The molecule has 2 heterocycles. The second-order valence-corrected chi connectivity index (χ2v) is 10.1. The Morgan fingerprint density at radius 2 is 1.86 bits per heavy atom. The van der Waals surface area contributed by atoms with Crippen molar-refractivity contribution in [1.29, 1.82) is 0 Å². The van der Waals surface area contributed by atoms with Crippen molar-refractivity contribution in [3.63, 3.8) is 0 Å². The van der Waals surface area contributed by atoms with Crippen LogP contribution in [-0.2, 0) is 25.7 Å². The Kier molecular flexibility index (Phi) is 10.7. The maximum Gasteiger partial charge on any atom is 0.242 e. The fourth-order valence-corrected chi connectivity index (χ4v) is 5.29. The molecule has 1 atom stereocenters. The monoisotopic (exact) mass is 489 g/mol. The minimum atomic E-state index is -0.567. The van der Waals surface area contributed by atoms with Crippen LogP contribution in [0.2, 0.25) is 0 Å². The van der Waals surface area contributed by atoms with Crippen LogP contribution in [0, 0.1) is 6.92 Å². The average molecular weight is 490 g/mol. The second-order valence-electron chi connectivity index (χ2n) is 10.1. The van der Waals surface area contributed by atoms with E-state index in [1.807, 2.05) is 19.2 Å². The standard InChI is InChI=1S/C26H43N5O4/c1-21-10-14-31(29-21)15-11-24(33)28-23(9-5-3-4-8-22(2)32)25(34)27-20-26(12-6-7-13-26)30-16-18-35-19-17-30/h10,14,23H,3-9,11-13,15-20H2,1-2H3,(H,27,34)(H,28,33)/t23-/m0/s1. The summed E-state index contributed by atoms with van der Waals surface area (Å²) in [7, 11) is 0. The SMILES string of the molecule is CC(=O)CCCCC[C@H](NC(=O)CCn1ccc(C)n1)C(=O)NCC1(N2CCOCC2)CCCC1. The fourth-order valence-electron chi connectivity index (χ4n) is 5.29. The van der Waals surface area contributed by atoms with Gasteiger partial charge < -0.3 is 20.2 Å². The molecule has 0 aromatic carbocycles. The molecule has 3 rings (SSSR count). The van der Waals surface area contributed by atoms with Crippen molar-refractivity contribution in [2.24, 2.45) is 0 Å². The van der Waals surface area contributed by atoms with Gasteiger partial charge in [0.2, 0.25) is 11.8 Å². The number of ketones is 1. The molecule has 0 bridgehead atoms. The number of aromatic nitrogens is 2. The smallest absolute Gasteiger partial charge is 0.242 e. The van der Waals surface area contributed by atoms with E-state index in [1.165, 1.54) is 12.8 Å². The summed E-state index contributed by atoms with van der Waals surface area (Å²) in [5.74, 6) is -0.0726. The molecule has 0 spiro atoms. The summed E-state index contributed by atoms with van der Waals surface area (Å²) in [6, 6.07) is 1.34. The van der Waals surface area contributed by atoms with E-state index in [1.54, 1.807) is 11.6 Å². The van der Waals surface area contributed by atoms with Gasteiger partial charge in [0.1, 0.15) is 11.8 Å². The zero-order valence-electron chi connectivity index (χ0n) is 21.5. The average Bonchev–Trinajstić information content (AvgIpc) is 3.50. The van der Waals surface area contributed by atoms with Gasteiger partial charge in [-0.2, -0.15) is 5.10 Å². The molecule has 2 fully saturated rings. The highest BCUT2D eigenvalue weighted by Crippen LogP contribution is 2.35. The summed E-state index contributed by atoms with van der Waals surface area (Å²) in [6.07, 6.45) is 10.2. The molecule has 2 aliphatic rings. The van der Waals surface area contributed by atoms with Crippen LogP contribution >= 0.6 is 0 Å². The van der Waals surface area contributed by atoms with Gasteiger partial charge in [0.05, 0.1) is 18.9 Å². The van der Waals surface area contributed by atoms with Gasteiger partial charge in [-0.05, 0) is 45.6 Å². The second kappa shape index (κ2) is 13.7. The first-order valence-electron chi connectivity index (χ1n) is 13.3. The Bertz CT molecular complexity index is 827. The fraction of sp³-hybridized carbons (Fsp3) is 0.769. The Hall–Kier alpha value is -2.26. The van der Waals surface area contributed by atoms with Gasteiger partial charge in [-0.25, -0.2) is 0 Å². The Balaban J connectivity index is 1.54. The lowest BCUT2D eigenvalue weighted by Crippen LogP contribution is -2.59. The van der Waals surface area contributed by atoms with Gasteiger partial charge >= 0.3 is 0 Å². The number of Topliss-reactive ketones (excluding diaryl/α,β-unsaturated/α-hetero) is 1. The molecule has 1 saturated heterocycles. The van der Waals surface area contributed by atoms with E-state index in [2.05, 4.69) is 20.6 Å². The van der Waals surface area contributed by atoms with E-state index >= 15 is 0 Å². The lowest BCUT2D eigenvalue weighted by Gasteiger charge is -2.43.